The number of rotatable bonds is 4. The number of aliphatic hydroxyl groups is 1. The van der Waals surface area contributed by atoms with Crippen LogP contribution in [0.1, 0.15) is 19.0 Å². The summed E-state index contributed by atoms with van der Waals surface area (Å²) in [5, 5.41) is 21.9. The Balaban J connectivity index is 1.56. The van der Waals surface area contributed by atoms with Gasteiger partial charge in [-0.2, -0.15) is 0 Å². The lowest BCUT2D eigenvalue weighted by atomic mass is 9.97. The van der Waals surface area contributed by atoms with Gasteiger partial charge in [-0.05, 0) is 56.2 Å². The lowest BCUT2D eigenvalue weighted by Gasteiger charge is -2.23. The lowest BCUT2D eigenvalue weighted by Crippen LogP contribution is -2.30. The number of halogens is 2. The van der Waals surface area contributed by atoms with Crippen molar-refractivity contribution in [2.75, 3.05) is 18.0 Å². The number of nitrogens with zero attached hydrogens (tertiary/aromatic N) is 4. The highest BCUT2D eigenvalue weighted by atomic mass is 35.5. The molecule has 0 amide bonds. The molecule has 2 aromatic carbocycles. The van der Waals surface area contributed by atoms with Crippen LogP contribution in [0.4, 0.5) is 10.1 Å². The van der Waals surface area contributed by atoms with Gasteiger partial charge in [-0.3, -0.25) is 9.55 Å². The van der Waals surface area contributed by atoms with E-state index in [1.807, 2.05) is 17.9 Å². The largest absolute Gasteiger partial charge is 0.507 e. The zero-order valence-electron chi connectivity index (χ0n) is 20.2. The first-order chi connectivity index (χ1) is 17.0. The Morgan fingerprint density at radius 3 is 2.42 bits per heavy atom. The van der Waals surface area contributed by atoms with Crippen molar-refractivity contribution in [1.82, 2.24) is 14.1 Å². The van der Waals surface area contributed by atoms with Gasteiger partial charge in [0, 0.05) is 55.4 Å². The summed E-state index contributed by atoms with van der Waals surface area (Å²) in [6.07, 6.45) is 5.48. The monoisotopic (exact) mass is 508 g/mol. The molecule has 0 bridgehead atoms. The molecule has 2 aromatic heterocycles. The molecule has 2 N–H and O–H groups in total. The Bertz CT molecular complexity index is 1540. The predicted octanol–water partition coefficient (Wildman–Crippen LogP) is 4.67. The SMILES string of the molecule is Cc1ncc(-c2cc(F)cc(-c3ccc(-n4ccn(C)c4=O)c(Cl)c3)c2O)cc1N1CC[C@@](C)(O)C1. The number of hydrogen-bond donors (Lipinski definition) is 2. The highest BCUT2D eigenvalue weighted by Crippen LogP contribution is 2.41. The van der Waals surface area contributed by atoms with Crippen molar-refractivity contribution in [3.8, 4) is 33.7 Å². The molecule has 1 aliphatic rings. The average Bonchev–Trinajstić information content (AvgIpc) is 3.36. The van der Waals surface area contributed by atoms with Crippen LogP contribution in [0.25, 0.3) is 27.9 Å². The van der Waals surface area contributed by atoms with E-state index in [9.17, 15) is 19.4 Å². The summed E-state index contributed by atoms with van der Waals surface area (Å²) in [5.41, 5.74) is 2.68. The molecule has 0 saturated carbocycles. The van der Waals surface area contributed by atoms with E-state index in [-0.39, 0.29) is 22.0 Å². The van der Waals surface area contributed by atoms with Crippen LogP contribution in [0.15, 0.2) is 59.8 Å². The third-order valence-electron chi connectivity index (χ3n) is 6.70. The molecule has 4 aromatic rings. The normalized spacial score (nSPS) is 17.7. The van der Waals surface area contributed by atoms with Gasteiger partial charge in [0.15, 0.2) is 0 Å². The zero-order valence-corrected chi connectivity index (χ0v) is 20.9. The molecule has 36 heavy (non-hydrogen) atoms. The molecule has 0 spiro atoms. The van der Waals surface area contributed by atoms with Crippen LogP contribution < -0.4 is 10.6 Å². The lowest BCUT2D eigenvalue weighted by molar-refractivity contribution is 0.0839. The highest BCUT2D eigenvalue weighted by Gasteiger charge is 2.32. The number of aromatic nitrogens is 3. The third kappa shape index (κ3) is 4.27. The number of β-amino-alcohol motifs (C(OH)–C–C–N with tert-alkyl or cyclic N) is 1. The van der Waals surface area contributed by atoms with Crippen molar-refractivity contribution in [3.05, 3.63) is 82.0 Å². The van der Waals surface area contributed by atoms with Crippen LogP contribution in [0.2, 0.25) is 5.02 Å². The number of phenolic OH excluding ortho intramolecular Hbond substituents is 1. The number of aryl methyl sites for hydroxylation is 2. The summed E-state index contributed by atoms with van der Waals surface area (Å²) in [5.74, 6) is -0.634. The number of aromatic hydroxyl groups is 1. The second kappa shape index (κ2) is 8.80. The van der Waals surface area contributed by atoms with Crippen molar-refractivity contribution >= 4 is 17.3 Å². The minimum Gasteiger partial charge on any atom is -0.507 e. The number of pyridine rings is 1. The fourth-order valence-corrected chi connectivity index (χ4v) is 4.97. The summed E-state index contributed by atoms with van der Waals surface area (Å²) < 4.78 is 17.7. The van der Waals surface area contributed by atoms with Gasteiger partial charge in [0.05, 0.1) is 27.7 Å². The maximum atomic E-state index is 14.8. The van der Waals surface area contributed by atoms with Gasteiger partial charge in [-0.1, -0.05) is 17.7 Å². The molecular formula is C27H26ClFN4O3. The van der Waals surface area contributed by atoms with E-state index in [0.717, 1.165) is 11.4 Å². The summed E-state index contributed by atoms with van der Waals surface area (Å²) in [4.78, 5) is 18.8. The second-order valence-corrected chi connectivity index (χ2v) is 9.98. The molecule has 5 rings (SSSR count). The van der Waals surface area contributed by atoms with E-state index in [4.69, 9.17) is 11.6 Å². The topological polar surface area (TPSA) is 83.5 Å². The fourth-order valence-electron chi connectivity index (χ4n) is 4.70. The van der Waals surface area contributed by atoms with E-state index in [1.54, 1.807) is 50.8 Å². The molecular weight excluding hydrogens is 483 g/mol. The quantitative estimate of drug-likeness (QED) is 0.418. The van der Waals surface area contributed by atoms with Gasteiger partial charge in [0.1, 0.15) is 11.6 Å². The van der Waals surface area contributed by atoms with Gasteiger partial charge >= 0.3 is 5.69 Å². The van der Waals surface area contributed by atoms with Gasteiger partial charge in [-0.25, -0.2) is 9.18 Å². The summed E-state index contributed by atoms with van der Waals surface area (Å²) in [7, 11) is 1.64. The maximum absolute atomic E-state index is 14.8. The van der Waals surface area contributed by atoms with E-state index in [1.165, 1.54) is 21.3 Å². The molecule has 1 saturated heterocycles. The smallest absolute Gasteiger partial charge is 0.332 e. The van der Waals surface area contributed by atoms with E-state index < -0.39 is 11.4 Å². The van der Waals surface area contributed by atoms with Gasteiger partial charge < -0.3 is 19.7 Å². The number of imidazole rings is 1. The number of phenols is 1. The first-order valence-electron chi connectivity index (χ1n) is 11.6. The molecule has 1 atom stereocenters. The van der Waals surface area contributed by atoms with Gasteiger partial charge in [-0.15, -0.1) is 0 Å². The standard InChI is InChI=1S/C27H26ClFN4O3/c1-16-24(32-7-6-27(2,36)15-32)11-18(14-30-16)21-13-19(29)12-20(25(21)34)17-4-5-23(22(28)10-17)33-9-8-31(3)26(33)35/h4-5,8-14,34,36H,6-7,15H2,1-3H3/t27-/m1/s1. The van der Waals surface area contributed by atoms with Crippen molar-refractivity contribution in [1.29, 1.82) is 0 Å². The fraction of sp³-hybridized carbons (Fsp3) is 0.259. The number of benzene rings is 2. The van der Waals surface area contributed by atoms with Crippen LogP contribution in [0.5, 0.6) is 5.75 Å². The molecule has 7 nitrogen and oxygen atoms in total. The third-order valence-corrected chi connectivity index (χ3v) is 7.01. The molecule has 0 aliphatic carbocycles. The molecule has 0 unspecified atom stereocenters. The summed E-state index contributed by atoms with van der Waals surface area (Å²) >= 11 is 6.50. The summed E-state index contributed by atoms with van der Waals surface area (Å²) in [6.45, 7) is 4.82. The molecule has 186 valence electrons. The molecule has 9 heteroatoms. The molecule has 0 radical (unpaired) electrons. The van der Waals surface area contributed by atoms with Crippen LogP contribution in [0.3, 0.4) is 0 Å². The minimum atomic E-state index is -0.785. The van der Waals surface area contributed by atoms with Crippen molar-refractivity contribution < 1.29 is 14.6 Å². The van der Waals surface area contributed by atoms with Crippen molar-refractivity contribution in [2.24, 2.45) is 7.05 Å². The Morgan fingerprint density at radius 2 is 1.81 bits per heavy atom. The Labute approximate surface area is 212 Å². The first-order valence-corrected chi connectivity index (χ1v) is 11.9. The number of anilines is 1. The van der Waals surface area contributed by atoms with Crippen LogP contribution >= 0.6 is 11.6 Å². The van der Waals surface area contributed by atoms with Crippen LogP contribution in [0, 0.1) is 12.7 Å². The highest BCUT2D eigenvalue weighted by molar-refractivity contribution is 6.32. The van der Waals surface area contributed by atoms with E-state index in [0.29, 0.717) is 41.9 Å². The van der Waals surface area contributed by atoms with E-state index >= 15 is 0 Å². The van der Waals surface area contributed by atoms with Crippen LogP contribution in [-0.2, 0) is 7.05 Å². The molecule has 3 heterocycles. The summed E-state index contributed by atoms with van der Waals surface area (Å²) in [6, 6.07) is 9.32. The maximum Gasteiger partial charge on any atom is 0.332 e. The molecule has 1 aliphatic heterocycles. The van der Waals surface area contributed by atoms with E-state index in [2.05, 4.69) is 4.98 Å². The first kappa shape index (κ1) is 24.1. The molecule has 1 fully saturated rings. The number of hydrogen-bond acceptors (Lipinski definition) is 5. The van der Waals surface area contributed by atoms with Crippen LogP contribution in [-0.4, -0.2) is 43.0 Å². The van der Waals surface area contributed by atoms with Gasteiger partial charge in [0.2, 0.25) is 0 Å². The van der Waals surface area contributed by atoms with Crippen molar-refractivity contribution in [3.63, 3.8) is 0 Å². The Kier molecular flexibility index (Phi) is 5.89. The average molecular weight is 509 g/mol. The minimum absolute atomic E-state index is 0.109. The second-order valence-electron chi connectivity index (χ2n) is 9.57. The Morgan fingerprint density at radius 1 is 1.08 bits per heavy atom. The van der Waals surface area contributed by atoms with Gasteiger partial charge in [0.25, 0.3) is 0 Å². The zero-order chi connectivity index (χ0) is 25.8. The Hall–Kier alpha value is -3.62. The van der Waals surface area contributed by atoms with Crippen molar-refractivity contribution in [2.45, 2.75) is 25.9 Å². The predicted molar refractivity (Wildman–Crippen MR) is 139 cm³/mol.